The summed E-state index contributed by atoms with van der Waals surface area (Å²) in [6.45, 7) is 4.61. The van der Waals surface area contributed by atoms with E-state index >= 15 is 0 Å². The Labute approximate surface area is 129 Å². The minimum absolute atomic E-state index is 0.182. The molecule has 4 heteroatoms. The van der Waals surface area contributed by atoms with Gasteiger partial charge in [0, 0.05) is 24.6 Å². The lowest BCUT2D eigenvalue weighted by molar-refractivity contribution is -0.140. The van der Waals surface area contributed by atoms with E-state index in [9.17, 15) is 4.79 Å². The average molecular weight is 339 g/mol. The maximum Gasteiger partial charge on any atom is 0.230 e. The van der Waals surface area contributed by atoms with Crippen LogP contribution in [-0.4, -0.2) is 30.9 Å². The minimum atomic E-state index is -0.182. The third-order valence-electron chi connectivity index (χ3n) is 4.11. The van der Waals surface area contributed by atoms with Crippen LogP contribution in [0.1, 0.15) is 31.7 Å². The first-order chi connectivity index (χ1) is 9.57. The molecular formula is C16H23BrN2O. The molecule has 1 unspecified atom stereocenters. The van der Waals surface area contributed by atoms with Crippen LogP contribution in [0.5, 0.6) is 0 Å². The lowest BCUT2D eigenvalue weighted by atomic mass is 9.81. The summed E-state index contributed by atoms with van der Waals surface area (Å²) in [5, 5.41) is 3.35. The van der Waals surface area contributed by atoms with Gasteiger partial charge in [0.1, 0.15) is 0 Å². The third kappa shape index (κ3) is 3.41. The van der Waals surface area contributed by atoms with E-state index in [1.807, 2.05) is 24.1 Å². The van der Waals surface area contributed by atoms with Crippen molar-refractivity contribution >= 4 is 21.8 Å². The first-order valence-electron chi connectivity index (χ1n) is 7.28. The van der Waals surface area contributed by atoms with Gasteiger partial charge in [-0.1, -0.05) is 41.4 Å². The topological polar surface area (TPSA) is 32.3 Å². The summed E-state index contributed by atoms with van der Waals surface area (Å²) in [6.07, 6.45) is 2.99. The number of nitrogens with one attached hydrogen (secondary N) is 1. The van der Waals surface area contributed by atoms with Crippen LogP contribution in [0.15, 0.2) is 28.7 Å². The molecule has 1 heterocycles. The molecule has 0 saturated carbocycles. The Hall–Kier alpha value is -0.870. The standard InChI is InChI=1S/C16H23BrN2O/c1-3-8-16(9-10-18-12-16)15(20)19(2)11-13-4-6-14(17)7-5-13/h4-7,18H,3,8-12H2,1-2H3. The molecule has 0 aromatic heterocycles. The number of rotatable bonds is 5. The molecule has 1 saturated heterocycles. The zero-order valence-corrected chi connectivity index (χ0v) is 13.9. The van der Waals surface area contributed by atoms with Gasteiger partial charge >= 0.3 is 0 Å². The van der Waals surface area contributed by atoms with Crippen molar-refractivity contribution in [2.75, 3.05) is 20.1 Å². The number of carbonyl (C=O) groups is 1. The highest BCUT2D eigenvalue weighted by molar-refractivity contribution is 9.10. The summed E-state index contributed by atoms with van der Waals surface area (Å²) >= 11 is 3.43. The molecule has 1 aliphatic rings. The van der Waals surface area contributed by atoms with E-state index in [0.717, 1.165) is 36.8 Å². The largest absolute Gasteiger partial charge is 0.341 e. The van der Waals surface area contributed by atoms with Crippen molar-refractivity contribution in [2.24, 2.45) is 5.41 Å². The molecule has 1 aromatic rings. The highest BCUT2D eigenvalue weighted by Gasteiger charge is 2.41. The van der Waals surface area contributed by atoms with Gasteiger partial charge in [-0.25, -0.2) is 0 Å². The molecule has 1 aromatic carbocycles. The molecule has 0 radical (unpaired) electrons. The fourth-order valence-electron chi connectivity index (χ4n) is 3.07. The van der Waals surface area contributed by atoms with Crippen LogP contribution in [0, 0.1) is 5.41 Å². The van der Waals surface area contributed by atoms with Gasteiger partial charge < -0.3 is 10.2 Å². The van der Waals surface area contributed by atoms with Gasteiger partial charge in [0.2, 0.25) is 5.91 Å². The third-order valence-corrected chi connectivity index (χ3v) is 4.63. The number of hydrogen-bond acceptors (Lipinski definition) is 2. The van der Waals surface area contributed by atoms with E-state index in [1.54, 1.807) is 0 Å². The monoisotopic (exact) mass is 338 g/mol. The number of benzene rings is 1. The van der Waals surface area contributed by atoms with Crippen LogP contribution in [-0.2, 0) is 11.3 Å². The molecule has 1 aliphatic heterocycles. The fourth-order valence-corrected chi connectivity index (χ4v) is 3.33. The van der Waals surface area contributed by atoms with Crippen molar-refractivity contribution in [3.63, 3.8) is 0 Å². The molecule has 1 N–H and O–H groups in total. The van der Waals surface area contributed by atoms with Crippen LogP contribution < -0.4 is 5.32 Å². The van der Waals surface area contributed by atoms with E-state index < -0.39 is 0 Å². The lowest BCUT2D eigenvalue weighted by Gasteiger charge is -2.31. The maximum absolute atomic E-state index is 12.8. The van der Waals surface area contributed by atoms with Gasteiger partial charge in [-0.2, -0.15) is 0 Å². The van der Waals surface area contributed by atoms with Crippen LogP contribution in [0.4, 0.5) is 0 Å². The molecule has 3 nitrogen and oxygen atoms in total. The second-order valence-corrected chi connectivity index (χ2v) is 6.66. The molecule has 0 bridgehead atoms. The normalized spacial score (nSPS) is 21.9. The predicted molar refractivity (Wildman–Crippen MR) is 85.4 cm³/mol. The van der Waals surface area contributed by atoms with E-state index in [-0.39, 0.29) is 11.3 Å². The van der Waals surface area contributed by atoms with Gasteiger partial charge in [-0.3, -0.25) is 4.79 Å². The highest BCUT2D eigenvalue weighted by Crippen LogP contribution is 2.33. The van der Waals surface area contributed by atoms with Crippen molar-refractivity contribution < 1.29 is 4.79 Å². The summed E-state index contributed by atoms with van der Waals surface area (Å²) in [5.41, 5.74) is 0.987. The van der Waals surface area contributed by atoms with E-state index in [4.69, 9.17) is 0 Å². The lowest BCUT2D eigenvalue weighted by Crippen LogP contribution is -2.43. The smallest absolute Gasteiger partial charge is 0.230 e. The van der Waals surface area contributed by atoms with Crippen molar-refractivity contribution in [1.82, 2.24) is 10.2 Å². The number of halogens is 1. The Balaban J connectivity index is 2.05. The predicted octanol–water partition coefficient (Wildman–Crippen LogP) is 3.19. The highest BCUT2D eigenvalue weighted by atomic mass is 79.9. The van der Waals surface area contributed by atoms with Gasteiger partial charge in [0.25, 0.3) is 0 Å². The summed E-state index contributed by atoms with van der Waals surface area (Å²) in [5.74, 6) is 0.285. The summed E-state index contributed by atoms with van der Waals surface area (Å²) in [6, 6.07) is 8.17. The van der Waals surface area contributed by atoms with Gasteiger partial charge in [0.15, 0.2) is 0 Å². The van der Waals surface area contributed by atoms with Crippen molar-refractivity contribution in [2.45, 2.75) is 32.7 Å². The molecule has 1 fully saturated rings. The van der Waals surface area contributed by atoms with E-state index in [1.165, 1.54) is 5.56 Å². The van der Waals surface area contributed by atoms with Crippen molar-refractivity contribution in [3.05, 3.63) is 34.3 Å². The van der Waals surface area contributed by atoms with Crippen LogP contribution in [0.2, 0.25) is 0 Å². The molecule has 1 amide bonds. The number of amides is 1. The number of carbonyl (C=O) groups excluding carboxylic acids is 1. The second kappa shape index (κ2) is 6.72. The summed E-state index contributed by atoms with van der Waals surface area (Å²) in [4.78, 5) is 14.7. The number of nitrogens with zero attached hydrogens (tertiary/aromatic N) is 1. The summed E-state index contributed by atoms with van der Waals surface area (Å²) < 4.78 is 1.07. The molecule has 2 rings (SSSR count). The van der Waals surface area contributed by atoms with Crippen molar-refractivity contribution in [3.8, 4) is 0 Å². The zero-order valence-electron chi connectivity index (χ0n) is 12.3. The second-order valence-electron chi connectivity index (χ2n) is 5.74. The SMILES string of the molecule is CCCC1(C(=O)N(C)Cc2ccc(Br)cc2)CCNC1. The Kier molecular flexibility index (Phi) is 5.22. The molecule has 0 aliphatic carbocycles. The first kappa shape index (κ1) is 15.5. The average Bonchev–Trinajstić information content (AvgIpc) is 2.90. The maximum atomic E-state index is 12.8. The fraction of sp³-hybridized carbons (Fsp3) is 0.562. The van der Waals surface area contributed by atoms with Gasteiger partial charge in [-0.05, 0) is 37.1 Å². The summed E-state index contributed by atoms with van der Waals surface area (Å²) in [7, 11) is 1.92. The Morgan fingerprint density at radius 1 is 1.40 bits per heavy atom. The Morgan fingerprint density at radius 2 is 2.10 bits per heavy atom. The minimum Gasteiger partial charge on any atom is -0.341 e. The molecule has 20 heavy (non-hydrogen) atoms. The molecule has 1 atom stereocenters. The van der Waals surface area contributed by atoms with Crippen LogP contribution >= 0.6 is 15.9 Å². The zero-order chi connectivity index (χ0) is 14.6. The first-order valence-corrected chi connectivity index (χ1v) is 8.07. The quantitative estimate of drug-likeness (QED) is 0.894. The van der Waals surface area contributed by atoms with Gasteiger partial charge in [0.05, 0.1) is 5.41 Å². The van der Waals surface area contributed by atoms with E-state index in [2.05, 4.69) is 40.3 Å². The van der Waals surface area contributed by atoms with Crippen LogP contribution in [0.3, 0.4) is 0 Å². The van der Waals surface area contributed by atoms with E-state index in [0.29, 0.717) is 6.54 Å². The Morgan fingerprint density at radius 3 is 2.65 bits per heavy atom. The molecule has 0 spiro atoms. The Bertz CT molecular complexity index is 452. The van der Waals surface area contributed by atoms with Crippen molar-refractivity contribution in [1.29, 1.82) is 0 Å². The van der Waals surface area contributed by atoms with Crippen LogP contribution in [0.25, 0.3) is 0 Å². The molecular weight excluding hydrogens is 316 g/mol. The number of hydrogen-bond donors (Lipinski definition) is 1. The molecule has 110 valence electrons. The van der Waals surface area contributed by atoms with Gasteiger partial charge in [-0.15, -0.1) is 0 Å².